The fourth-order valence-corrected chi connectivity index (χ4v) is 4.75. The van der Waals surface area contributed by atoms with E-state index >= 15 is 0 Å². The van der Waals surface area contributed by atoms with Gasteiger partial charge in [-0.05, 0) is 55.4 Å². The van der Waals surface area contributed by atoms with Crippen LogP contribution in [0.25, 0.3) is 0 Å². The Bertz CT molecular complexity index is 626. The average Bonchev–Trinajstić information content (AvgIpc) is 2.90. The van der Waals surface area contributed by atoms with Crippen LogP contribution in [0.2, 0.25) is 0 Å². The van der Waals surface area contributed by atoms with Crippen LogP contribution in [0, 0.1) is 46.6 Å². The number of non-ortho nitro benzene ring substituents is 1. The van der Waals surface area contributed by atoms with Gasteiger partial charge in [0.2, 0.25) is 5.91 Å². The van der Waals surface area contributed by atoms with Gasteiger partial charge in [-0.3, -0.25) is 14.9 Å². The van der Waals surface area contributed by atoms with Crippen LogP contribution >= 0.6 is 0 Å². The molecule has 0 radical (unpaired) electrons. The highest BCUT2D eigenvalue weighted by atomic mass is 16.6. The molecule has 1 aromatic rings. The third-order valence-electron chi connectivity index (χ3n) is 5.73. The van der Waals surface area contributed by atoms with E-state index in [-0.39, 0.29) is 17.5 Å². The number of hydrogen-bond acceptors (Lipinski definition) is 3. The van der Waals surface area contributed by atoms with Gasteiger partial charge < -0.3 is 5.32 Å². The van der Waals surface area contributed by atoms with E-state index in [1.807, 2.05) is 6.92 Å². The second kappa shape index (κ2) is 4.29. The molecule has 5 heteroatoms. The zero-order chi connectivity index (χ0) is 14.7. The van der Waals surface area contributed by atoms with Crippen LogP contribution in [0.1, 0.15) is 24.8 Å². The second-order valence-electron chi connectivity index (χ2n) is 6.76. The molecule has 1 amide bonds. The topological polar surface area (TPSA) is 72.2 Å². The summed E-state index contributed by atoms with van der Waals surface area (Å²) in [6.07, 6.45) is 3.88. The number of fused-ring (bicyclic) bond motifs is 5. The van der Waals surface area contributed by atoms with Gasteiger partial charge in [-0.2, -0.15) is 0 Å². The fraction of sp³-hybridized carbons (Fsp3) is 0.562. The molecule has 1 unspecified atom stereocenters. The molecular weight excluding hydrogens is 268 g/mol. The molecule has 0 saturated heterocycles. The summed E-state index contributed by atoms with van der Waals surface area (Å²) in [4.78, 5) is 22.9. The minimum atomic E-state index is -0.429. The van der Waals surface area contributed by atoms with Gasteiger partial charge in [-0.15, -0.1) is 0 Å². The van der Waals surface area contributed by atoms with Gasteiger partial charge in [0.1, 0.15) is 0 Å². The van der Waals surface area contributed by atoms with E-state index in [0.717, 1.165) is 17.4 Å². The molecular formula is C16H18N2O3. The van der Waals surface area contributed by atoms with E-state index in [9.17, 15) is 14.9 Å². The van der Waals surface area contributed by atoms with Crippen LogP contribution in [-0.2, 0) is 4.79 Å². The first-order valence-corrected chi connectivity index (χ1v) is 7.62. The summed E-state index contributed by atoms with van der Waals surface area (Å²) in [6.45, 7) is 1.86. The zero-order valence-electron chi connectivity index (χ0n) is 11.9. The van der Waals surface area contributed by atoms with E-state index in [1.54, 1.807) is 6.07 Å². The molecule has 0 aliphatic heterocycles. The highest BCUT2D eigenvalue weighted by Gasteiger charge is 2.67. The van der Waals surface area contributed by atoms with Crippen LogP contribution in [0.5, 0.6) is 0 Å². The molecule has 21 heavy (non-hydrogen) atoms. The Balaban J connectivity index is 1.51. The third kappa shape index (κ3) is 1.87. The molecule has 0 heterocycles. The summed E-state index contributed by atoms with van der Waals surface area (Å²) in [6, 6.07) is 4.61. The van der Waals surface area contributed by atoms with Gasteiger partial charge in [0.25, 0.3) is 5.69 Å². The Labute approximate surface area is 122 Å². The lowest BCUT2D eigenvalue weighted by Crippen LogP contribution is -2.19. The fourth-order valence-electron chi connectivity index (χ4n) is 4.75. The van der Waals surface area contributed by atoms with Crippen molar-refractivity contribution in [2.75, 3.05) is 5.32 Å². The smallest absolute Gasteiger partial charge is 0.271 e. The summed E-state index contributed by atoms with van der Waals surface area (Å²) < 4.78 is 0. The van der Waals surface area contributed by atoms with Gasteiger partial charge in [-0.1, -0.05) is 6.07 Å². The minimum absolute atomic E-state index is 0.0203. The highest BCUT2D eigenvalue weighted by Crippen LogP contribution is 2.69. The van der Waals surface area contributed by atoms with Crippen molar-refractivity contribution in [1.82, 2.24) is 0 Å². The molecule has 0 aromatic heterocycles. The lowest BCUT2D eigenvalue weighted by atomic mass is 10.0. The Morgan fingerprint density at radius 2 is 1.95 bits per heavy atom. The zero-order valence-corrected chi connectivity index (χ0v) is 11.9. The number of nitro groups is 1. The lowest BCUT2D eigenvalue weighted by molar-refractivity contribution is -0.384. The van der Waals surface area contributed by atoms with E-state index < -0.39 is 4.92 Å². The highest BCUT2D eigenvalue weighted by molar-refractivity contribution is 5.96. The molecule has 5 nitrogen and oxygen atoms in total. The number of benzene rings is 1. The predicted molar refractivity (Wildman–Crippen MR) is 77.8 cm³/mol. The van der Waals surface area contributed by atoms with Crippen molar-refractivity contribution in [2.24, 2.45) is 29.6 Å². The van der Waals surface area contributed by atoms with E-state index in [4.69, 9.17) is 0 Å². The minimum Gasteiger partial charge on any atom is -0.325 e. The normalized spacial score (nSPS) is 35.4. The van der Waals surface area contributed by atoms with E-state index in [1.165, 1.54) is 31.4 Å². The molecule has 110 valence electrons. The van der Waals surface area contributed by atoms with Gasteiger partial charge in [0, 0.05) is 18.1 Å². The standard InChI is InChI=1S/C16H18N2O3/c1-8-2-5-11(18(20)21)7-12(8)17-16(19)15-13-9-3-4-10(6-9)14(13)15/h2,5,7,9-10,13-15H,3-4,6H2,1H3,(H,17,19)/t9-,10+,13+,14-,15?. The largest absolute Gasteiger partial charge is 0.325 e. The van der Waals surface area contributed by atoms with Crippen LogP contribution in [-0.4, -0.2) is 10.8 Å². The first-order chi connectivity index (χ1) is 10.1. The van der Waals surface area contributed by atoms with Crippen LogP contribution in [0.3, 0.4) is 0 Å². The maximum Gasteiger partial charge on any atom is 0.271 e. The number of carbonyl (C=O) groups excluding carboxylic acids is 1. The van der Waals surface area contributed by atoms with Crippen molar-refractivity contribution in [3.63, 3.8) is 0 Å². The molecule has 2 bridgehead atoms. The second-order valence-corrected chi connectivity index (χ2v) is 6.76. The van der Waals surface area contributed by atoms with Gasteiger partial charge >= 0.3 is 0 Å². The summed E-state index contributed by atoms with van der Waals surface area (Å²) in [5, 5.41) is 13.8. The number of aryl methyl sites for hydroxylation is 1. The third-order valence-corrected chi connectivity index (χ3v) is 5.73. The van der Waals surface area contributed by atoms with Crippen molar-refractivity contribution >= 4 is 17.3 Å². The first kappa shape index (κ1) is 12.8. The number of hydrogen-bond donors (Lipinski definition) is 1. The lowest BCUT2D eigenvalue weighted by Gasteiger charge is -2.11. The predicted octanol–water partition coefficient (Wildman–Crippen LogP) is 3.13. The number of carbonyl (C=O) groups is 1. The monoisotopic (exact) mass is 286 g/mol. The summed E-state index contributed by atoms with van der Waals surface area (Å²) in [7, 11) is 0. The number of nitro benzene ring substituents is 1. The maximum atomic E-state index is 12.5. The molecule has 0 spiro atoms. The Hall–Kier alpha value is -1.91. The van der Waals surface area contributed by atoms with Crippen molar-refractivity contribution in [1.29, 1.82) is 0 Å². The quantitative estimate of drug-likeness (QED) is 0.685. The molecule has 1 N–H and O–H groups in total. The first-order valence-electron chi connectivity index (χ1n) is 7.62. The summed E-state index contributed by atoms with van der Waals surface area (Å²) in [5.74, 6) is 2.88. The van der Waals surface area contributed by atoms with Gasteiger partial charge in [0.15, 0.2) is 0 Å². The van der Waals surface area contributed by atoms with Crippen molar-refractivity contribution < 1.29 is 9.72 Å². The maximum absolute atomic E-state index is 12.5. The van der Waals surface area contributed by atoms with E-state index in [2.05, 4.69) is 5.32 Å². The van der Waals surface area contributed by atoms with Crippen LogP contribution in [0.4, 0.5) is 11.4 Å². The van der Waals surface area contributed by atoms with Crippen molar-refractivity contribution in [3.8, 4) is 0 Å². The van der Waals surface area contributed by atoms with E-state index in [0.29, 0.717) is 17.5 Å². The molecule has 1 aromatic carbocycles. The SMILES string of the molecule is Cc1ccc([N+](=O)[O-])cc1NC(=O)C1[C@@H]2[C@H]3CC[C@H](C3)[C@H]12. The van der Waals surface area contributed by atoms with Crippen LogP contribution in [0.15, 0.2) is 18.2 Å². The molecule has 4 rings (SSSR count). The number of nitrogens with zero attached hydrogens (tertiary/aromatic N) is 1. The number of anilines is 1. The molecule has 5 atom stereocenters. The van der Waals surface area contributed by atoms with Crippen molar-refractivity contribution in [3.05, 3.63) is 33.9 Å². The van der Waals surface area contributed by atoms with Crippen LogP contribution < -0.4 is 5.32 Å². The summed E-state index contributed by atoms with van der Waals surface area (Å²) in [5.41, 5.74) is 1.46. The van der Waals surface area contributed by atoms with Gasteiger partial charge in [-0.25, -0.2) is 0 Å². The number of nitrogens with one attached hydrogen (secondary N) is 1. The van der Waals surface area contributed by atoms with Gasteiger partial charge in [0.05, 0.1) is 10.6 Å². The van der Waals surface area contributed by atoms with Crippen molar-refractivity contribution in [2.45, 2.75) is 26.2 Å². The Morgan fingerprint density at radius 3 is 2.57 bits per heavy atom. The summed E-state index contributed by atoms with van der Waals surface area (Å²) >= 11 is 0. The average molecular weight is 286 g/mol. The molecule has 3 fully saturated rings. The molecule has 3 aliphatic carbocycles. The number of amides is 1. The molecule has 3 saturated carbocycles. The Morgan fingerprint density at radius 1 is 1.29 bits per heavy atom. The number of rotatable bonds is 3. The molecule has 3 aliphatic rings. The Kier molecular flexibility index (Phi) is 2.62.